The van der Waals surface area contributed by atoms with Crippen molar-refractivity contribution < 1.29 is 4.79 Å². The Labute approximate surface area is 141 Å². The van der Waals surface area contributed by atoms with Gasteiger partial charge in [0, 0.05) is 23.7 Å². The van der Waals surface area contributed by atoms with Crippen LogP contribution < -0.4 is 11.1 Å². The summed E-state index contributed by atoms with van der Waals surface area (Å²) in [4.78, 5) is 16.8. The van der Waals surface area contributed by atoms with Crippen LogP contribution in [0.15, 0.2) is 36.5 Å². The SMILES string of the molecule is CC1CCCC(N)c2cccc(c2)-c2ncc(C#N)cc2NC1=O. The molecule has 2 bridgehead atoms. The Morgan fingerprint density at radius 1 is 1.33 bits per heavy atom. The number of anilines is 1. The summed E-state index contributed by atoms with van der Waals surface area (Å²) in [6.45, 7) is 1.91. The molecule has 3 N–H and O–H groups in total. The van der Waals surface area contributed by atoms with Crippen LogP contribution in [0.5, 0.6) is 0 Å². The molecule has 0 aliphatic carbocycles. The van der Waals surface area contributed by atoms with Gasteiger partial charge in [0.25, 0.3) is 0 Å². The number of nitrogens with one attached hydrogen (secondary N) is 1. The van der Waals surface area contributed by atoms with E-state index in [1.54, 1.807) is 6.07 Å². The van der Waals surface area contributed by atoms with Crippen molar-refractivity contribution in [3.8, 4) is 17.3 Å². The number of nitrogens with zero attached hydrogens (tertiary/aromatic N) is 2. The number of nitriles is 1. The van der Waals surface area contributed by atoms with E-state index in [-0.39, 0.29) is 17.9 Å². The molecule has 0 saturated heterocycles. The van der Waals surface area contributed by atoms with Crippen molar-refractivity contribution in [2.24, 2.45) is 11.7 Å². The van der Waals surface area contributed by atoms with Gasteiger partial charge >= 0.3 is 0 Å². The van der Waals surface area contributed by atoms with Crippen LogP contribution in [0.3, 0.4) is 0 Å². The lowest BCUT2D eigenvalue weighted by atomic mass is 9.94. The number of amides is 1. The molecule has 2 aromatic rings. The molecule has 0 fully saturated rings. The average Bonchev–Trinajstić information content (AvgIpc) is 2.60. The smallest absolute Gasteiger partial charge is 0.227 e. The molecule has 122 valence electrons. The summed E-state index contributed by atoms with van der Waals surface area (Å²) in [6.07, 6.45) is 4.03. The summed E-state index contributed by atoms with van der Waals surface area (Å²) in [5.74, 6) is -0.174. The summed E-state index contributed by atoms with van der Waals surface area (Å²) in [6, 6.07) is 11.6. The molecule has 1 amide bonds. The first-order chi connectivity index (χ1) is 11.6. The Morgan fingerprint density at radius 3 is 2.96 bits per heavy atom. The van der Waals surface area contributed by atoms with Gasteiger partial charge in [-0.1, -0.05) is 31.5 Å². The van der Waals surface area contributed by atoms with Crippen LogP contribution in [-0.2, 0) is 4.79 Å². The van der Waals surface area contributed by atoms with Gasteiger partial charge in [-0.25, -0.2) is 0 Å². The molecule has 1 aromatic heterocycles. The molecule has 2 heterocycles. The van der Waals surface area contributed by atoms with Gasteiger partial charge in [0.05, 0.1) is 16.9 Å². The number of carbonyl (C=O) groups excluding carboxylic acids is 1. The molecular formula is C19H20N4O. The van der Waals surface area contributed by atoms with E-state index in [2.05, 4.69) is 16.4 Å². The van der Waals surface area contributed by atoms with Crippen LogP contribution in [0, 0.1) is 17.2 Å². The fourth-order valence-corrected chi connectivity index (χ4v) is 2.97. The van der Waals surface area contributed by atoms with E-state index in [9.17, 15) is 4.79 Å². The second-order valence-electron chi connectivity index (χ2n) is 6.29. The van der Waals surface area contributed by atoms with Gasteiger partial charge < -0.3 is 11.1 Å². The molecule has 1 aliphatic heterocycles. The minimum absolute atomic E-state index is 0.0542. The van der Waals surface area contributed by atoms with Gasteiger partial charge in [-0.2, -0.15) is 5.26 Å². The van der Waals surface area contributed by atoms with Gasteiger partial charge in [-0.3, -0.25) is 9.78 Å². The largest absolute Gasteiger partial charge is 0.324 e. The van der Waals surface area contributed by atoms with Gasteiger partial charge in [0.1, 0.15) is 6.07 Å². The van der Waals surface area contributed by atoms with E-state index in [0.29, 0.717) is 16.9 Å². The number of hydrogen-bond donors (Lipinski definition) is 2. The van der Waals surface area contributed by atoms with Gasteiger partial charge in [-0.05, 0) is 30.5 Å². The Bertz CT molecular complexity index is 809. The highest BCUT2D eigenvalue weighted by molar-refractivity contribution is 5.96. The highest BCUT2D eigenvalue weighted by atomic mass is 16.1. The number of rotatable bonds is 0. The fourth-order valence-electron chi connectivity index (χ4n) is 2.97. The molecule has 24 heavy (non-hydrogen) atoms. The predicted molar refractivity (Wildman–Crippen MR) is 93.0 cm³/mol. The molecule has 2 unspecified atom stereocenters. The lowest BCUT2D eigenvalue weighted by Gasteiger charge is -2.19. The molecule has 5 nitrogen and oxygen atoms in total. The standard InChI is InChI=1S/C19H20N4O/c1-12-4-2-7-16(21)14-5-3-6-15(9-14)18-17(23-19(12)24)8-13(10-20)11-22-18/h3,5-6,8-9,11-12,16H,2,4,7,21H2,1H3,(H,23,24). The van der Waals surface area contributed by atoms with Crippen molar-refractivity contribution in [3.05, 3.63) is 47.7 Å². The van der Waals surface area contributed by atoms with Crippen LogP contribution in [0.4, 0.5) is 5.69 Å². The third-order valence-corrected chi connectivity index (χ3v) is 4.46. The summed E-state index contributed by atoms with van der Waals surface area (Å²) in [5, 5.41) is 12.1. The number of aromatic nitrogens is 1. The van der Waals surface area contributed by atoms with Crippen molar-refractivity contribution in [2.75, 3.05) is 5.32 Å². The maximum Gasteiger partial charge on any atom is 0.227 e. The zero-order valence-electron chi connectivity index (χ0n) is 13.6. The second kappa shape index (κ2) is 6.81. The molecular weight excluding hydrogens is 300 g/mol. The second-order valence-corrected chi connectivity index (χ2v) is 6.29. The molecule has 1 aliphatic rings. The maximum atomic E-state index is 12.4. The number of pyridine rings is 1. The molecule has 0 spiro atoms. The fraction of sp³-hybridized carbons (Fsp3) is 0.316. The topological polar surface area (TPSA) is 91.8 Å². The van der Waals surface area contributed by atoms with Crippen molar-refractivity contribution in [2.45, 2.75) is 32.2 Å². The number of carbonyl (C=O) groups is 1. The molecule has 2 atom stereocenters. The summed E-state index contributed by atoms with van der Waals surface area (Å²) < 4.78 is 0. The first-order valence-corrected chi connectivity index (χ1v) is 8.15. The number of hydrogen-bond acceptors (Lipinski definition) is 4. The van der Waals surface area contributed by atoms with E-state index >= 15 is 0 Å². The van der Waals surface area contributed by atoms with E-state index in [4.69, 9.17) is 11.0 Å². The monoisotopic (exact) mass is 320 g/mol. The molecule has 1 aromatic carbocycles. The van der Waals surface area contributed by atoms with Crippen molar-refractivity contribution in [1.29, 1.82) is 5.26 Å². The van der Waals surface area contributed by atoms with E-state index in [1.807, 2.05) is 31.2 Å². The molecule has 3 rings (SSSR count). The quantitative estimate of drug-likeness (QED) is 0.778. The third-order valence-electron chi connectivity index (χ3n) is 4.46. The van der Waals surface area contributed by atoms with Gasteiger partial charge in [-0.15, -0.1) is 0 Å². The normalized spacial score (nSPS) is 20.8. The highest BCUT2D eigenvalue weighted by Crippen LogP contribution is 2.30. The van der Waals surface area contributed by atoms with Crippen LogP contribution >= 0.6 is 0 Å². The Hall–Kier alpha value is -2.71. The number of nitrogens with two attached hydrogens (primary N) is 1. The zero-order chi connectivity index (χ0) is 17.1. The molecule has 0 radical (unpaired) electrons. The maximum absolute atomic E-state index is 12.4. The van der Waals surface area contributed by atoms with Gasteiger partial charge in [0.2, 0.25) is 5.91 Å². The van der Waals surface area contributed by atoms with E-state index in [0.717, 1.165) is 30.4 Å². The summed E-state index contributed by atoms with van der Waals surface area (Å²) in [5.41, 5.74) is 9.89. The van der Waals surface area contributed by atoms with Crippen LogP contribution in [0.1, 0.15) is 43.4 Å². The number of benzene rings is 1. The van der Waals surface area contributed by atoms with Crippen LogP contribution in [0.25, 0.3) is 11.3 Å². The van der Waals surface area contributed by atoms with E-state index in [1.165, 1.54) is 6.20 Å². The molecule has 0 saturated carbocycles. The van der Waals surface area contributed by atoms with E-state index < -0.39 is 0 Å². The van der Waals surface area contributed by atoms with Gasteiger partial charge in [0.15, 0.2) is 0 Å². The Balaban J connectivity index is 2.14. The summed E-state index contributed by atoms with van der Waals surface area (Å²) >= 11 is 0. The Kier molecular flexibility index (Phi) is 4.59. The lowest BCUT2D eigenvalue weighted by molar-refractivity contribution is -0.119. The molecule has 5 heteroatoms. The average molecular weight is 320 g/mol. The van der Waals surface area contributed by atoms with Crippen LogP contribution in [0.2, 0.25) is 0 Å². The van der Waals surface area contributed by atoms with Crippen molar-refractivity contribution in [1.82, 2.24) is 4.98 Å². The zero-order valence-corrected chi connectivity index (χ0v) is 13.6. The number of fused-ring (bicyclic) bond motifs is 4. The van der Waals surface area contributed by atoms with Crippen molar-refractivity contribution in [3.63, 3.8) is 0 Å². The van der Waals surface area contributed by atoms with Crippen molar-refractivity contribution >= 4 is 11.6 Å². The predicted octanol–water partition coefficient (Wildman–Crippen LogP) is 3.38. The Morgan fingerprint density at radius 2 is 2.17 bits per heavy atom. The van der Waals surface area contributed by atoms with Crippen LogP contribution in [-0.4, -0.2) is 10.9 Å². The first kappa shape index (κ1) is 16.2. The lowest BCUT2D eigenvalue weighted by Crippen LogP contribution is -2.22. The summed E-state index contributed by atoms with van der Waals surface area (Å²) in [7, 11) is 0. The minimum atomic E-state index is -0.117. The minimum Gasteiger partial charge on any atom is -0.324 e. The highest BCUT2D eigenvalue weighted by Gasteiger charge is 2.19. The first-order valence-electron chi connectivity index (χ1n) is 8.15. The third kappa shape index (κ3) is 3.29.